The quantitative estimate of drug-likeness (QED) is 0.554. The third-order valence-corrected chi connectivity index (χ3v) is 7.41. The second kappa shape index (κ2) is 11.0. The lowest BCUT2D eigenvalue weighted by Gasteiger charge is -2.35. The van der Waals surface area contributed by atoms with Crippen LogP contribution in [-0.2, 0) is 4.84 Å². The highest BCUT2D eigenvalue weighted by molar-refractivity contribution is 5.90. The van der Waals surface area contributed by atoms with Crippen LogP contribution in [0.25, 0.3) is 0 Å². The highest BCUT2D eigenvalue weighted by Gasteiger charge is 2.29. The van der Waals surface area contributed by atoms with E-state index in [0.29, 0.717) is 6.01 Å². The number of oxime groups is 1. The largest absolute Gasteiger partial charge is 0.392 e. The molecular formula is C26H35FN6O4. The van der Waals surface area contributed by atoms with E-state index in [0.717, 1.165) is 68.7 Å². The summed E-state index contributed by atoms with van der Waals surface area (Å²) in [6, 6.07) is 5.21. The molecule has 3 fully saturated rings. The molecule has 0 unspecified atom stereocenters. The van der Waals surface area contributed by atoms with E-state index in [-0.39, 0.29) is 36.7 Å². The predicted molar refractivity (Wildman–Crippen MR) is 136 cm³/mol. The summed E-state index contributed by atoms with van der Waals surface area (Å²) in [6.07, 6.45) is 4.68. The second-order valence-electron chi connectivity index (χ2n) is 10.5. The highest BCUT2D eigenvalue weighted by atomic mass is 19.1. The summed E-state index contributed by atoms with van der Waals surface area (Å²) in [4.78, 5) is 26.0. The first-order chi connectivity index (χ1) is 17.9. The molecule has 37 heavy (non-hydrogen) atoms. The molecule has 2 saturated heterocycles. The van der Waals surface area contributed by atoms with Crippen molar-refractivity contribution in [3.63, 3.8) is 0 Å². The third kappa shape index (κ3) is 6.03. The van der Waals surface area contributed by atoms with Gasteiger partial charge in [-0.15, -0.1) is 0 Å². The van der Waals surface area contributed by atoms with Gasteiger partial charge in [0.25, 0.3) is 0 Å². The molecule has 2 amide bonds. The Labute approximate surface area is 215 Å². The number of nitrogens with zero attached hydrogens (tertiary/aromatic N) is 5. The number of benzene rings is 1. The zero-order valence-corrected chi connectivity index (χ0v) is 21.4. The number of nitrogens with one attached hydrogen (secondary N) is 1. The van der Waals surface area contributed by atoms with Crippen LogP contribution in [0.3, 0.4) is 0 Å². The van der Waals surface area contributed by atoms with Gasteiger partial charge in [-0.2, -0.15) is 4.98 Å². The average molecular weight is 515 g/mol. The van der Waals surface area contributed by atoms with E-state index < -0.39 is 18.0 Å². The molecule has 1 aromatic heterocycles. The minimum atomic E-state index is -0.489. The number of carbonyl (C=O) groups is 1. The van der Waals surface area contributed by atoms with Gasteiger partial charge in [0.1, 0.15) is 11.9 Å². The summed E-state index contributed by atoms with van der Waals surface area (Å²) in [6.45, 7) is 6.22. The molecule has 2 aromatic rings. The number of aromatic nitrogens is 2. The minimum Gasteiger partial charge on any atom is -0.392 e. The molecule has 3 heterocycles. The van der Waals surface area contributed by atoms with Crippen LogP contribution in [0, 0.1) is 5.82 Å². The smallest absolute Gasteiger partial charge is 0.324 e. The van der Waals surface area contributed by atoms with Crippen LogP contribution in [0.2, 0.25) is 0 Å². The van der Waals surface area contributed by atoms with Gasteiger partial charge in [0, 0.05) is 31.8 Å². The summed E-state index contributed by atoms with van der Waals surface area (Å²) >= 11 is 0. The number of carbonyl (C=O) groups excluding carboxylic acids is 1. The Hall–Kier alpha value is -3.21. The maximum Gasteiger partial charge on any atom is 0.324 e. The Kier molecular flexibility index (Phi) is 7.59. The zero-order valence-electron chi connectivity index (χ0n) is 21.4. The van der Waals surface area contributed by atoms with Crippen molar-refractivity contribution in [3.8, 4) is 0 Å². The monoisotopic (exact) mass is 514 g/mol. The fourth-order valence-corrected chi connectivity index (χ4v) is 4.97. The molecule has 2 N–H and O–H groups in total. The molecule has 0 radical (unpaired) electrons. The van der Waals surface area contributed by atoms with Crippen LogP contribution in [0.15, 0.2) is 27.9 Å². The van der Waals surface area contributed by atoms with Crippen molar-refractivity contribution in [3.05, 3.63) is 35.4 Å². The molecule has 200 valence electrons. The molecule has 2 aliphatic heterocycles. The summed E-state index contributed by atoms with van der Waals surface area (Å²) in [5.74, 6) is 0.769. The third-order valence-electron chi connectivity index (χ3n) is 7.41. The van der Waals surface area contributed by atoms with Crippen LogP contribution in [0.5, 0.6) is 0 Å². The first-order valence-corrected chi connectivity index (χ1v) is 13.2. The minimum absolute atomic E-state index is 0.0744. The lowest BCUT2D eigenvalue weighted by molar-refractivity contribution is 0.0308. The van der Waals surface area contributed by atoms with E-state index in [9.17, 15) is 14.3 Å². The number of anilines is 2. The molecule has 1 aromatic carbocycles. The van der Waals surface area contributed by atoms with E-state index in [1.165, 1.54) is 11.0 Å². The van der Waals surface area contributed by atoms with Gasteiger partial charge in [0.05, 0.1) is 30.6 Å². The van der Waals surface area contributed by atoms with Gasteiger partial charge in [-0.25, -0.2) is 9.18 Å². The van der Waals surface area contributed by atoms with Gasteiger partial charge < -0.3 is 29.6 Å². The van der Waals surface area contributed by atoms with Crippen molar-refractivity contribution in [2.24, 2.45) is 5.16 Å². The standard InChI is InChI=1S/C26H35FN6O4/c1-16(2)24-29-26(37-31-24)32-11-9-21(10-12-32)36-30-19-6-3-17(4-7-19)18-5-8-23(22(27)13-18)28-25(35)33-14-20(34)15-33/h5,8,13,16-17,20-21,34H,3-4,6-7,9-12,14-15H2,1-2H3,(H,28,35). The van der Waals surface area contributed by atoms with Gasteiger partial charge in [-0.3, -0.25) is 0 Å². The lowest BCUT2D eigenvalue weighted by atomic mass is 9.83. The van der Waals surface area contributed by atoms with Crippen LogP contribution in [-0.4, -0.2) is 70.3 Å². The average Bonchev–Trinajstić information content (AvgIpc) is 3.38. The number of hydrogen-bond donors (Lipinski definition) is 2. The lowest BCUT2D eigenvalue weighted by Crippen LogP contribution is -2.54. The number of aliphatic hydroxyl groups is 1. The van der Waals surface area contributed by atoms with Crippen molar-refractivity contribution in [2.45, 2.75) is 76.4 Å². The SMILES string of the molecule is CC(C)c1noc(N2CCC(ON=C3CCC(c4ccc(NC(=O)N5CC(O)C5)c(F)c4)CC3)CC2)n1. The number of piperidine rings is 1. The predicted octanol–water partition coefficient (Wildman–Crippen LogP) is 4.24. The van der Waals surface area contributed by atoms with E-state index >= 15 is 0 Å². The summed E-state index contributed by atoms with van der Waals surface area (Å²) < 4.78 is 20.1. The Morgan fingerprint density at radius 1 is 1.22 bits per heavy atom. The summed E-state index contributed by atoms with van der Waals surface area (Å²) in [7, 11) is 0. The van der Waals surface area contributed by atoms with E-state index in [2.05, 4.69) is 25.5 Å². The Bertz CT molecular complexity index is 1110. The molecule has 1 aliphatic carbocycles. The van der Waals surface area contributed by atoms with Gasteiger partial charge in [0.2, 0.25) is 0 Å². The number of halogens is 1. The fourth-order valence-electron chi connectivity index (χ4n) is 4.97. The Balaban J connectivity index is 1.06. The summed E-state index contributed by atoms with van der Waals surface area (Å²) in [5, 5.41) is 20.4. The maximum absolute atomic E-state index is 14.7. The van der Waals surface area contributed by atoms with Crippen LogP contribution in [0.1, 0.15) is 75.6 Å². The normalized spacial score (nSPS) is 21.2. The molecular weight excluding hydrogens is 479 g/mol. The second-order valence-corrected chi connectivity index (χ2v) is 10.5. The Morgan fingerprint density at radius 2 is 1.95 bits per heavy atom. The van der Waals surface area contributed by atoms with Crippen LogP contribution < -0.4 is 10.2 Å². The van der Waals surface area contributed by atoms with Gasteiger partial charge in [-0.05, 0) is 49.3 Å². The van der Waals surface area contributed by atoms with Gasteiger partial charge in [0.15, 0.2) is 5.82 Å². The zero-order chi connectivity index (χ0) is 25.9. The van der Waals surface area contributed by atoms with Crippen molar-refractivity contribution >= 4 is 23.4 Å². The van der Waals surface area contributed by atoms with E-state index in [1.54, 1.807) is 6.07 Å². The van der Waals surface area contributed by atoms with Crippen molar-refractivity contribution in [1.82, 2.24) is 15.0 Å². The topological polar surface area (TPSA) is 116 Å². The fraction of sp³-hybridized carbons (Fsp3) is 0.615. The van der Waals surface area contributed by atoms with E-state index in [1.807, 2.05) is 19.9 Å². The number of likely N-dealkylation sites (tertiary alicyclic amines) is 1. The number of urea groups is 1. The Morgan fingerprint density at radius 3 is 2.57 bits per heavy atom. The number of hydrogen-bond acceptors (Lipinski definition) is 8. The maximum atomic E-state index is 14.7. The molecule has 0 bridgehead atoms. The van der Waals surface area contributed by atoms with Crippen LogP contribution >= 0.6 is 0 Å². The van der Waals surface area contributed by atoms with E-state index in [4.69, 9.17) is 9.36 Å². The van der Waals surface area contributed by atoms with Gasteiger partial charge >= 0.3 is 12.0 Å². The number of amides is 2. The molecule has 0 atom stereocenters. The van der Waals surface area contributed by atoms with Crippen molar-refractivity contribution in [2.75, 3.05) is 36.4 Å². The molecule has 5 rings (SSSR count). The molecule has 0 spiro atoms. The summed E-state index contributed by atoms with van der Waals surface area (Å²) in [5.41, 5.74) is 2.15. The molecule has 3 aliphatic rings. The first kappa shape index (κ1) is 25.4. The first-order valence-electron chi connectivity index (χ1n) is 13.2. The highest BCUT2D eigenvalue weighted by Crippen LogP contribution is 2.33. The molecule has 11 heteroatoms. The number of β-amino-alcohol motifs (C(OH)–C–C–N with tert-alkyl or cyclic N) is 1. The number of rotatable bonds is 6. The van der Waals surface area contributed by atoms with Crippen LogP contribution in [0.4, 0.5) is 20.9 Å². The van der Waals surface area contributed by atoms with Gasteiger partial charge in [-0.1, -0.05) is 30.2 Å². The molecule has 1 saturated carbocycles. The molecule has 10 nitrogen and oxygen atoms in total. The number of aliphatic hydroxyl groups excluding tert-OH is 1. The van der Waals surface area contributed by atoms with Crippen molar-refractivity contribution in [1.29, 1.82) is 0 Å². The van der Waals surface area contributed by atoms with Crippen molar-refractivity contribution < 1.29 is 23.7 Å².